The summed E-state index contributed by atoms with van der Waals surface area (Å²) in [4.78, 5) is 34.2. The number of halogens is 1. The van der Waals surface area contributed by atoms with Gasteiger partial charge < -0.3 is 10.2 Å². The number of fused-ring (bicyclic) bond motifs is 1. The lowest BCUT2D eigenvalue weighted by Crippen LogP contribution is -2.42. The quantitative estimate of drug-likeness (QED) is 0.848. The minimum Gasteiger partial charge on any atom is -0.330 e. The molecule has 24 heavy (non-hydrogen) atoms. The molecule has 1 N–H and O–H groups in total. The smallest absolute Gasteiger partial charge is 0.314 e. The molecule has 0 fully saturated rings. The Morgan fingerprint density at radius 2 is 2.00 bits per heavy atom. The summed E-state index contributed by atoms with van der Waals surface area (Å²) in [5.41, 5.74) is 2.55. The predicted octanol–water partition coefficient (Wildman–Crippen LogP) is 2.22. The second-order valence-corrected chi connectivity index (χ2v) is 6.02. The van der Waals surface area contributed by atoms with E-state index in [0.717, 1.165) is 11.1 Å². The molecular formula is C17H17ClN4O2. The highest BCUT2D eigenvalue weighted by Crippen LogP contribution is 2.22. The average Bonchev–Trinajstić information content (AvgIpc) is 2.61. The Bertz CT molecular complexity index is 777. The number of aryl methyl sites for hydroxylation is 1. The number of carbonyl (C=O) groups is 2. The molecule has 1 aliphatic rings. The van der Waals surface area contributed by atoms with E-state index in [-0.39, 0.29) is 0 Å². The van der Waals surface area contributed by atoms with Gasteiger partial charge >= 0.3 is 11.8 Å². The van der Waals surface area contributed by atoms with Crippen molar-refractivity contribution in [3.8, 4) is 0 Å². The third-order valence-electron chi connectivity index (χ3n) is 3.94. The Morgan fingerprint density at radius 3 is 2.71 bits per heavy atom. The SMILES string of the molecule is CCc1ncc(NC(=O)C(=O)N2CCc3ccc(Cl)cc3C2)cn1. The molecule has 0 atom stereocenters. The van der Waals surface area contributed by atoms with Gasteiger partial charge in [-0.15, -0.1) is 0 Å². The van der Waals surface area contributed by atoms with Gasteiger partial charge in [0.2, 0.25) is 0 Å². The van der Waals surface area contributed by atoms with Crippen LogP contribution in [0.3, 0.4) is 0 Å². The molecule has 124 valence electrons. The van der Waals surface area contributed by atoms with Crippen LogP contribution in [-0.2, 0) is 29.0 Å². The fourth-order valence-corrected chi connectivity index (χ4v) is 2.82. The van der Waals surface area contributed by atoms with Crippen molar-refractivity contribution in [3.05, 3.63) is 52.6 Å². The third-order valence-corrected chi connectivity index (χ3v) is 4.18. The number of rotatable bonds is 2. The number of benzene rings is 1. The summed E-state index contributed by atoms with van der Waals surface area (Å²) in [6.45, 7) is 2.83. The number of hydrogen-bond donors (Lipinski definition) is 1. The second kappa shape index (κ2) is 6.97. The minimum atomic E-state index is -0.687. The minimum absolute atomic E-state index is 0.382. The fraction of sp³-hybridized carbons (Fsp3) is 0.294. The molecule has 0 bridgehead atoms. The standard InChI is InChI=1S/C17H17ClN4O2/c1-2-15-19-8-14(9-20-15)21-16(23)17(24)22-6-5-11-3-4-13(18)7-12(11)10-22/h3-4,7-9H,2,5-6,10H2,1H3,(H,21,23). The van der Waals surface area contributed by atoms with Crippen LogP contribution in [0.5, 0.6) is 0 Å². The zero-order valence-corrected chi connectivity index (χ0v) is 14.0. The zero-order chi connectivity index (χ0) is 17.1. The molecule has 2 aromatic rings. The van der Waals surface area contributed by atoms with Gasteiger partial charge in [-0.1, -0.05) is 24.6 Å². The van der Waals surface area contributed by atoms with Crippen molar-refractivity contribution in [2.45, 2.75) is 26.3 Å². The number of nitrogens with zero attached hydrogens (tertiary/aromatic N) is 3. The molecule has 2 heterocycles. The van der Waals surface area contributed by atoms with Gasteiger partial charge in [-0.05, 0) is 29.7 Å². The first-order valence-electron chi connectivity index (χ1n) is 7.75. The summed E-state index contributed by atoms with van der Waals surface area (Å²) in [6.07, 6.45) is 4.42. The topological polar surface area (TPSA) is 75.2 Å². The summed E-state index contributed by atoms with van der Waals surface area (Å²) < 4.78 is 0. The summed E-state index contributed by atoms with van der Waals surface area (Å²) >= 11 is 6.00. The van der Waals surface area contributed by atoms with Crippen LogP contribution >= 0.6 is 11.6 Å². The lowest BCUT2D eigenvalue weighted by atomic mass is 10.00. The average molecular weight is 345 g/mol. The molecule has 1 aromatic heterocycles. The van der Waals surface area contributed by atoms with Crippen LogP contribution in [0.4, 0.5) is 5.69 Å². The maximum absolute atomic E-state index is 12.4. The van der Waals surface area contributed by atoms with Crippen molar-refractivity contribution in [2.75, 3.05) is 11.9 Å². The molecule has 1 aromatic carbocycles. The van der Waals surface area contributed by atoms with Crippen LogP contribution in [0.1, 0.15) is 23.9 Å². The summed E-state index contributed by atoms with van der Waals surface area (Å²) in [5, 5.41) is 3.17. The second-order valence-electron chi connectivity index (χ2n) is 5.59. The van der Waals surface area contributed by atoms with Gasteiger partial charge in [-0.2, -0.15) is 0 Å². The van der Waals surface area contributed by atoms with Gasteiger partial charge in [-0.25, -0.2) is 9.97 Å². The van der Waals surface area contributed by atoms with E-state index in [1.807, 2.05) is 25.1 Å². The first-order chi connectivity index (χ1) is 11.6. The maximum atomic E-state index is 12.4. The van der Waals surface area contributed by atoms with Crippen LogP contribution < -0.4 is 5.32 Å². The first kappa shape index (κ1) is 16.4. The molecule has 0 unspecified atom stereocenters. The van der Waals surface area contributed by atoms with Gasteiger partial charge in [0.05, 0.1) is 18.1 Å². The largest absolute Gasteiger partial charge is 0.330 e. The van der Waals surface area contributed by atoms with Crippen LogP contribution in [0.25, 0.3) is 0 Å². The van der Waals surface area contributed by atoms with Gasteiger partial charge in [-0.3, -0.25) is 9.59 Å². The van der Waals surface area contributed by atoms with Gasteiger partial charge in [0.25, 0.3) is 0 Å². The molecule has 0 aliphatic carbocycles. The van der Waals surface area contributed by atoms with Crippen molar-refractivity contribution in [3.63, 3.8) is 0 Å². The number of aromatic nitrogens is 2. The highest BCUT2D eigenvalue weighted by molar-refractivity contribution is 6.39. The summed E-state index contributed by atoms with van der Waals surface area (Å²) in [6, 6.07) is 5.64. The highest BCUT2D eigenvalue weighted by atomic mass is 35.5. The molecule has 0 saturated heterocycles. The Hall–Kier alpha value is -2.47. The van der Waals surface area contributed by atoms with Gasteiger partial charge in [0.15, 0.2) is 0 Å². The first-order valence-corrected chi connectivity index (χ1v) is 8.13. The van der Waals surface area contributed by atoms with E-state index >= 15 is 0 Å². The van der Waals surface area contributed by atoms with Crippen molar-refractivity contribution < 1.29 is 9.59 Å². The zero-order valence-electron chi connectivity index (χ0n) is 13.3. The van der Waals surface area contributed by atoms with Crippen LogP contribution in [0.2, 0.25) is 5.02 Å². The van der Waals surface area contributed by atoms with Crippen molar-refractivity contribution in [1.29, 1.82) is 0 Å². The Morgan fingerprint density at radius 1 is 1.25 bits per heavy atom. The number of hydrogen-bond acceptors (Lipinski definition) is 4. The molecule has 2 amide bonds. The van der Waals surface area contributed by atoms with E-state index in [2.05, 4.69) is 15.3 Å². The normalized spacial score (nSPS) is 13.3. The fourth-order valence-electron chi connectivity index (χ4n) is 2.63. The van der Waals surface area contributed by atoms with E-state index < -0.39 is 11.8 Å². The maximum Gasteiger partial charge on any atom is 0.314 e. The highest BCUT2D eigenvalue weighted by Gasteiger charge is 2.26. The van der Waals surface area contributed by atoms with E-state index in [1.54, 1.807) is 0 Å². The molecule has 1 aliphatic heterocycles. The predicted molar refractivity (Wildman–Crippen MR) is 90.6 cm³/mol. The van der Waals surface area contributed by atoms with E-state index in [9.17, 15) is 9.59 Å². The van der Waals surface area contributed by atoms with Crippen molar-refractivity contribution in [1.82, 2.24) is 14.9 Å². The summed E-state index contributed by atoms with van der Waals surface area (Å²) in [5.74, 6) is -0.572. The Kier molecular flexibility index (Phi) is 4.76. The Balaban J connectivity index is 1.66. The molecule has 6 nitrogen and oxygen atoms in total. The summed E-state index contributed by atoms with van der Waals surface area (Å²) in [7, 11) is 0. The van der Waals surface area contributed by atoms with Crippen molar-refractivity contribution >= 4 is 29.1 Å². The Labute approximate surface area is 144 Å². The third kappa shape index (κ3) is 3.54. The van der Waals surface area contributed by atoms with Crippen molar-refractivity contribution in [2.24, 2.45) is 0 Å². The molecule has 0 radical (unpaired) electrons. The van der Waals surface area contributed by atoms with Crippen LogP contribution in [-0.4, -0.2) is 33.2 Å². The molecule has 0 spiro atoms. The van der Waals surface area contributed by atoms with E-state index in [1.165, 1.54) is 17.3 Å². The molecule has 0 saturated carbocycles. The lowest BCUT2D eigenvalue weighted by Gasteiger charge is -2.28. The number of carbonyl (C=O) groups excluding carboxylic acids is 2. The van der Waals surface area contributed by atoms with Crippen LogP contribution in [0, 0.1) is 0 Å². The van der Waals surface area contributed by atoms with Gasteiger partial charge in [0, 0.05) is 24.5 Å². The molecule has 7 heteroatoms. The number of amides is 2. The number of anilines is 1. The number of nitrogens with one attached hydrogen (secondary N) is 1. The monoisotopic (exact) mass is 344 g/mol. The van der Waals surface area contributed by atoms with E-state index in [0.29, 0.717) is 42.5 Å². The van der Waals surface area contributed by atoms with Gasteiger partial charge in [0.1, 0.15) is 5.82 Å². The lowest BCUT2D eigenvalue weighted by molar-refractivity contribution is -0.143. The molecular weight excluding hydrogens is 328 g/mol. The molecule has 3 rings (SSSR count). The van der Waals surface area contributed by atoms with E-state index in [4.69, 9.17) is 11.6 Å². The van der Waals surface area contributed by atoms with Crippen LogP contribution in [0.15, 0.2) is 30.6 Å².